The summed E-state index contributed by atoms with van der Waals surface area (Å²) in [6.45, 7) is 12.6. The molecule has 2 fully saturated rings. The summed E-state index contributed by atoms with van der Waals surface area (Å²) >= 11 is 0. The van der Waals surface area contributed by atoms with Gasteiger partial charge in [0.05, 0.1) is 0 Å². The third-order valence-corrected chi connectivity index (χ3v) is 11.6. The maximum absolute atomic E-state index is 3.53. The highest BCUT2D eigenvalue weighted by molar-refractivity contribution is 6.76. The van der Waals surface area contributed by atoms with Crippen molar-refractivity contribution in [3.63, 3.8) is 0 Å². The highest BCUT2D eigenvalue weighted by Gasteiger charge is 2.52. The van der Waals surface area contributed by atoms with Crippen molar-refractivity contribution < 1.29 is 0 Å². The Bertz CT molecular complexity index is 658. The molecular weight excluding hydrogens is 320 g/mol. The summed E-state index contributed by atoms with van der Waals surface area (Å²) in [4.78, 5) is 0. The number of benzene rings is 1. The molecule has 1 N–H and O–H groups in total. The minimum atomic E-state index is -1.46. The monoisotopic (exact) mass is 352 g/mol. The van der Waals surface area contributed by atoms with Crippen molar-refractivity contribution in [1.82, 2.24) is 9.88 Å². The van der Waals surface area contributed by atoms with Crippen molar-refractivity contribution in [3.05, 3.63) is 54.1 Å². The molecule has 1 aromatic rings. The van der Waals surface area contributed by atoms with Crippen molar-refractivity contribution in [2.24, 2.45) is 17.8 Å². The van der Waals surface area contributed by atoms with Crippen LogP contribution in [-0.4, -0.2) is 39.0 Å². The van der Waals surface area contributed by atoms with Crippen molar-refractivity contribution in [2.45, 2.75) is 32.0 Å². The standard InChI is InChI=1S/C22H32N2Si/c1-17-16-21-19(18-8-5-4-6-9-18)10-7-11-20(21)22(17)25(2,3)24-14-12-23-13-15-24/h4-11,17,20-23H,12-16H2,1-3H3. The molecule has 25 heavy (non-hydrogen) atoms. The first-order chi connectivity index (χ1) is 12.1. The smallest absolute Gasteiger partial charge is 0.126 e. The maximum atomic E-state index is 3.53. The molecule has 1 aliphatic heterocycles. The van der Waals surface area contributed by atoms with Gasteiger partial charge in [0.25, 0.3) is 0 Å². The number of hydrogen-bond acceptors (Lipinski definition) is 2. The van der Waals surface area contributed by atoms with E-state index in [-0.39, 0.29) is 0 Å². The van der Waals surface area contributed by atoms with Crippen LogP contribution in [0.3, 0.4) is 0 Å². The summed E-state index contributed by atoms with van der Waals surface area (Å²) < 4.78 is 2.88. The van der Waals surface area contributed by atoms with Crippen LogP contribution in [0.5, 0.6) is 0 Å². The molecule has 0 aromatic heterocycles. The molecule has 1 heterocycles. The largest absolute Gasteiger partial charge is 0.321 e. The first-order valence-corrected chi connectivity index (χ1v) is 13.0. The maximum Gasteiger partial charge on any atom is 0.126 e. The van der Waals surface area contributed by atoms with E-state index in [4.69, 9.17) is 0 Å². The minimum Gasteiger partial charge on any atom is -0.321 e. The second kappa shape index (κ2) is 6.86. The lowest BCUT2D eigenvalue weighted by atomic mass is 9.81. The lowest BCUT2D eigenvalue weighted by molar-refractivity contribution is 0.341. The molecule has 1 saturated carbocycles. The van der Waals surface area contributed by atoms with Crippen LogP contribution in [0.25, 0.3) is 5.57 Å². The summed E-state index contributed by atoms with van der Waals surface area (Å²) in [5, 5.41) is 3.53. The first-order valence-electron chi connectivity index (χ1n) is 9.98. The van der Waals surface area contributed by atoms with E-state index in [1.165, 1.54) is 25.1 Å². The Kier molecular flexibility index (Phi) is 4.74. The molecule has 4 unspecified atom stereocenters. The second-order valence-electron chi connectivity index (χ2n) is 8.69. The molecule has 4 atom stereocenters. The minimum absolute atomic E-state index is 0.710. The van der Waals surface area contributed by atoms with E-state index in [1.807, 2.05) is 0 Å². The number of nitrogens with zero attached hydrogens (tertiary/aromatic N) is 1. The highest BCUT2D eigenvalue weighted by atomic mass is 28.3. The number of allylic oxidation sites excluding steroid dienone is 4. The van der Waals surface area contributed by atoms with Gasteiger partial charge in [-0.15, -0.1) is 0 Å². The van der Waals surface area contributed by atoms with Crippen LogP contribution in [0.1, 0.15) is 18.9 Å². The van der Waals surface area contributed by atoms with Crippen molar-refractivity contribution in [1.29, 1.82) is 0 Å². The Morgan fingerprint density at radius 1 is 1.08 bits per heavy atom. The van der Waals surface area contributed by atoms with Gasteiger partial charge in [0.15, 0.2) is 0 Å². The van der Waals surface area contributed by atoms with Crippen LogP contribution in [0, 0.1) is 17.8 Å². The van der Waals surface area contributed by atoms with Crippen LogP contribution >= 0.6 is 0 Å². The van der Waals surface area contributed by atoms with E-state index < -0.39 is 8.24 Å². The fourth-order valence-corrected chi connectivity index (χ4v) is 10.5. The average Bonchev–Trinajstić information content (AvgIpc) is 2.99. The predicted octanol–water partition coefficient (Wildman–Crippen LogP) is 4.39. The molecular formula is C22H32N2Si. The molecule has 1 aromatic carbocycles. The van der Waals surface area contributed by atoms with Crippen LogP contribution in [0.15, 0.2) is 48.6 Å². The molecule has 1 saturated heterocycles. The van der Waals surface area contributed by atoms with Gasteiger partial charge in [-0.05, 0) is 40.9 Å². The fourth-order valence-electron chi connectivity index (χ4n) is 5.89. The van der Waals surface area contributed by atoms with Crippen LogP contribution < -0.4 is 5.32 Å². The third-order valence-electron chi connectivity index (χ3n) is 6.98. The Labute approximate surface area is 154 Å². The van der Waals surface area contributed by atoms with Gasteiger partial charge in [0.2, 0.25) is 0 Å². The molecule has 0 radical (unpaired) electrons. The first kappa shape index (κ1) is 17.3. The van der Waals surface area contributed by atoms with Crippen LogP contribution in [0.4, 0.5) is 0 Å². The molecule has 0 amide bonds. The summed E-state index contributed by atoms with van der Waals surface area (Å²) in [6, 6.07) is 11.1. The molecule has 3 aliphatic rings. The summed E-state index contributed by atoms with van der Waals surface area (Å²) in [7, 11) is -1.46. The van der Waals surface area contributed by atoms with Gasteiger partial charge in [-0.1, -0.05) is 68.6 Å². The molecule has 134 valence electrons. The molecule has 2 aliphatic carbocycles. The summed E-state index contributed by atoms with van der Waals surface area (Å²) in [6.07, 6.45) is 8.62. The van der Waals surface area contributed by atoms with E-state index in [0.717, 1.165) is 30.5 Å². The zero-order valence-electron chi connectivity index (χ0n) is 15.9. The SMILES string of the molecule is CC1CC2C(c3ccccc3)=CC=CC2C1[Si](C)(C)N1CCNCC1. The Morgan fingerprint density at radius 2 is 1.80 bits per heavy atom. The van der Waals surface area contributed by atoms with Gasteiger partial charge in [-0.2, -0.15) is 0 Å². The molecule has 4 rings (SSSR count). The van der Waals surface area contributed by atoms with Gasteiger partial charge in [0.1, 0.15) is 8.24 Å². The van der Waals surface area contributed by atoms with Crippen LogP contribution in [0.2, 0.25) is 18.6 Å². The zero-order valence-corrected chi connectivity index (χ0v) is 16.9. The Morgan fingerprint density at radius 3 is 2.52 bits per heavy atom. The van der Waals surface area contributed by atoms with Gasteiger partial charge >= 0.3 is 0 Å². The van der Waals surface area contributed by atoms with Crippen molar-refractivity contribution in [3.8, 4) is 0 Å². The van der Waals surface area contributed by atoms with Gasteiger partial charge in [-0.25, -0.2) is 0 Å². The van der Waals surface area contributed by atoms with E-state index in [0.29, 0.717) is 5.92 Å². The quantitative estimate of drug-likeness (QED) is 0.812. The van der Waals surface area contributed by atoms with E-state index in [1.54, 1.807) is 5.57 Å². The van der Waals surface area contributed by atoms with Crippen molar-refractivity contribution in [2.75, 3.05) is 26.2 Å². The molecule has 0 spiro atoms. The number of fused-ring (bicyclic) bond motifs is 1. The fraction of sp³-hybridized carbons (Fsp3) is 0.545. The van der Waals surface area contributed by atoms with E-state index >= 15 is 0 Å². The molecule has 2 nitrogen and oxygen atoms in total. The number of hydrogen-bond donors (Lipinski definition) is 1. The third kappa shape index (κ3) is 3.07. The van der Waals surface area contributed by atoms with Gasteiger partial charge < -0.3 is 9.88 Å². The lowest BCUT2D eigenvalue weighted by Gasteiger charge is -2.47. The number of rotatable bonds is 3. The second-order valence-corrected chi connectivity index (χ2v) is 13.3. The van der Waals surface area contributed by atoms with Gasteiger partial charge in [0, 0.05) is 26.2 Å². The number of piperazine rings is 1. The Hall–Kier alpha value is -1.16. The summed E-state index contributed by atoms with van der Waals surface area (Å²) in [5.41, 5.74) is 3.86. The highest BCUT2D eigenvalue weighted by Crippen LogP contribution is 2.56. The normalized spacial score (nSPS) is 33.2. The van der Waals surface area contributed by atoms with E-state index in [9.17, 15) is 0 Å². The van der Waals surface area contributed by atoms with Gasteiger partial charge in [-0.3, -0.25) is 0 Å². The van der Waals surface area contributed by atoms with Crippen molar-refractivity contribution >= 4 is 13.8 Å². The average molecular weight is 353 g/mol. The van der Waals surface area contributed by atoms with Crippen LogP contribution in [-0.2, 0) is 0 Å². The number of nitrogens with one attached hydrogen (secondary N) is 1. The molecule has 0 bridgehead atoms. The summed E-state index contributed by atoms with van der Waals surface area (Å²) in [5.74, 6) is 2.26. The lowest BCUT2D eigenvalue weighted by Crippen LogP contribution is -2.60. The Balaban J connectivity index is 1.62. The van der Waals surface area contributed by atoms with E-state index in [2.05, 4.69) is 78.5 Å². The zero-order chi connectivity index (χ0) is 17.4. The predicted molar refractivity (Wildman–Crippen MR) is 110 cm³/mol. The molecule has 3 heteroatoms. The topological polar surface area (TPSA) is 15.3 Å².